The van der Waals surface area contributed by atoms with Crippen molar-refractivity contribution in [2.75, 3.05) is 47.3 Å². The molecular formula is C14H26O6. The van der Waals surface area contributed by atoms with Crippen LogP contribution in [0.15, 0.2) is 0 Å². The van der Waals surface area contributed by atoms with Gasteiger partial charge in [-0.15, -0.1) is 0 Å². The number of hydrogen-bond donors (Lipinski definition) is 0. The van der Waals surface area contributed by atoms with Crippen molar-refractivity contribution in [2.24, 2.45) is 11.8 Å². The van der Waals surface area contributed by atoms with Gasteiger partial charge in [0.1, 0.15) is 6.61 Å². The average Bonchev–Trinajstić information content (AvgIpc) is 2.49. The van der Waals surface area contributed by atoms with Gasteiger partial charge in [-0.25, -0.2) is 9.78 Å². The summed E-state index contributed by atoms with van der Waals surface area (Å²) in [7, 11) is 3.13. The van der Waals surface area contributed by atoms with E-state index >= 15 is 0 Å². The molecule has 0 saturated heterocycles. The number of methoxy groups -OCH3 is 1. The molecule has 0 radical (unpaired) electrons. The Morgan fingerprint density at radius 2 is 1.70 bits per heavy atom. The van der Waals surface area contributed by atoms with E-state index in [9.17, 15) is 4.79 Å². The van der Waals surface area contributed by atoms with Crippen LogP contribution in [-0.4, -0.2) is 53.2 Å². The fourth-order valence-electron chi connectivity index (χ4n) is 2.29. The van der Waals surface area contributed by atoms with Gasteiger partial charge in [-0.2, -0.15) is 0 Å². The van der Waals surface area contributed by atoms with Crippen LogP contribution in [-0.2, 0) is 28.8 Å². The molecule has 0 bridgehead atoms. The molecule has 0 heterocycles. The number of carbonyl (C=O) groups excluding carboxylic acids is 1. The molecular weight excluding hydrogens is 264 g/mol. The van der Waals surface area contributed by atoms with Crippen LogP contribution >= 0.6 is 0 Å². The van der Waals surface area contributed by atoms with Crippen molar-refractivity contribution in [3.8, 4) is 0 Å². The van der Waals surface area contributed by atoms with Gasteiger partial charge in [0.2, 0.25) is 0 Å². The quantitative estimate of drug-likeness (QED) is 0.263. The van der Waals surface area contributed by atoms with Crippen LogP contribution in [0.4, 0.5) is 0 Å². The van der Waals surface area contributed by atoms with Gasteiger partial charge in [0.05, 0.1) is 39.5 Å². The van der Waals surface area contributed by atoms with Crippen LogP contribution in [0.1, 0.15) is 25.7 Å². The number of hydrogen-bond acceptors (Lipinski definition) is 6. The topological polar surface area (TPSA) is 63.2 Å². The first-order chi connectivity index (χ1) is 9.77. The first kappa shape index (κ1) is 17.4. The summed E-state index contributed by atoms with van der Waals surface area (Å²) >= 11 is 0. The molecule has 0 spiro atoms. The lowest BCUT2D eigenvalue weighted by Gasteiger charge is -2.26. The first-order valence-electron chi connectivity index (χ1n) is 7.16. The zero-order valence-corrected chi connectivity index (χ0v) is 12.5. The molecule has 0 unspecified atom stereocenters. The van der Waals surface area contributed by atoms with E-state index in [-0.39, 0.29) is 11.9 Å². The van der Waals surface area contributed by atoms with E-state index in [0.29, 0.717) is 39.0 Å². The fourth-order valence-corrected chi connectivity index (χ4v) is 2.29. The Bertz CT molecular complexity index is 250. The molecule has 20 heavy (non-hydrogen) atoms. The van der Waals surface area contributed by atoms with E-state index < -0.39 is 0 Å². The summed E-state index contributed by atoms with van der Waals surface area (Å²) < 4.78 is 15.3. The van der Waals surface area contributed by atoms with Gasteiger partial charge in [-0.3, -0.25) is 4.79 Å². The molecule has 0 aromatic heterocycles. The molecule has 1 rings (SSSR count). The van der Waals surface area contributed by atoms with Crippen LogP contribution in [0.25, 0.3) is 0 Å². The second kappa shape index (κ2) is 11.0. The summed E-state index contributed by atoms with van der Waals surface area (Å²) in [6.45, 7) is 2.42. The molecule has 1 fully saturated rings. The molecule has 1 aliphatic carbocycles. The van der Waals surface area contributed by atoms with E-state index in [1.165, 1.54) is 7.11 Å². The van der Waals surface area contributed by atoms with Crippen molar-refractivity contribution >= 4 is 5.97 Å². The molecule has 0 amide bonds. The van der Waals surface area contributed by atoms with Crippen LogP contribution in [0.5, 0.6) is 0 Å². The summed E-state index contributed by atoms with van der Waals surface area (Å²) in [5.41, 5.74) is 0. The predicted octanol–water partition coefficient (Wildman–Crippen LogP) is 1.58. The lowest BCUT2D eigenvalue weighted by Crippen LogP contribution is -2.26. The lowest BCUT2D eigenvalue weighted by atomic mass is 9.82. The van der Waals surface area contributed by atoms with E-state index in [0.717, 1.165) is 25.7 Å². The van der Waals surface area contributed by atoms with Crippen molar-refractivity contribution in [3.63, 3.8) is 0 Å². The van der Waals surface area contributed by atoms with E-state index in [2.05, 4.69) is 4.89 Å². The Morgan fingerprint density at radius 1 is 1.00 bits per heavy atom. The second-order valence-electron chi connectivity index (χ2n) is 4.94. The molecule has 0 N–H and O–H groups in total. The SMILES string of the molecule is COCCOCCOC(=O)C1CCC(COOC)CC1. The minimum absolute atomic E-state index is 0.0211. The maximum atomic E-state index is 11.8. The number of esters is 1. The van der Waals surface area contributed by atoms with E-state index in [1.54, 1.807) is 7.11 Å². The van der Waals surface area contributed by atoms with Crippen molar-refractivity contribution in [1.29, 1.82) is 0 Å². The third-order valence-corrected chi connectivity index (χ3v) is 3.51. The predicted molar refractivity (Wildman–Crippen MR) is 72.1 cm³/mol. The van der Waals surface area contributed by atoms with Gasteiger partial charge < -0.3 is 14.2 Å². The zero-order chi connectivity index (χ0) is 14.6. The Hall–Kier alpha value is -0.690. The highest BCUT2D eigenvalue weighted by Crippen LogP contribution is 2.29. The maximum Gasteiger partial charge on any atom is 0.309 e. The molecule has 0 aromatic carbocycles. The largest absolute Gasteiger partial charge is 0.463 e. The van der Waals surface area contributed by atoms with Crippen LogP contribution in [0, 0.1) is 11.8 Å². The Kier molecular flexibility index (Phi) is 9.57. The molecule has 1 aliphatic rings. The van der Waals surface area contributed by atoms with Gasteiger partial charge in [0, 0.05) is 7.11 Å². The normalized spacial score (nSPS) is 22.7. The average molecular weight is 290 g/mol. The van der Waals surface area contributed by atoms with Gasteiger partial charge >= 0.3 is 5.97 Å². The number of ether oxygens (including phenoxy) is 3. The lowest BCUT2D eigenvalue weighted by molar-refractivity contribution is -0.281. The molecule has 0 atom stereocenters. The van der Waals surface area contributed by atoms with Gasteiger partial charge in [0.25, 0.3) is 0 Å². The molecule has 6 nitrogen and oxygen atoms in total. The van der Waals surface area contributed by atoms with Crippen molar-refractivity contribution in [1.82, 2.24) is 0 Å². The smallest absolute Gasteiger partial charge is 0.309 e. The summed E-state index contributed by atoms with van der Waals surface area (Å²) in [4.78, 5) is 21.4. The van der Waals surface area contributed by atoms with Gasteiger partial charge in [-0.05, 0) is 31.6 Å². The third kappa shape index (κ3) is 7.19. The van der Waals surface area contributed by atoms with Crippen molar-refractivity contribution in [3.05, 3.63) is 0 Å². The van der Waals surface area contributed by atoms with Crippen molar-refractivity contribution < 1.29 is 28.8 Å². The Morgan fingerprint density at radius 3 is 2.35 bits per heavy atom. The van der Waals surface area contributed by atoms with E-state index in [4.69, 9.17) is 19.1 Å². The Labute approximate surface area is 120 Å². The monoisotopic (exact) mass is 290 g/mol. The summed E-state index contributed by atoms with van der Waals surface area (Å²) in [5.74, 6) is 0.399. The first-order valence-corrected chi connectivity index (χ1v) is 7.16. The summed E-state index contributed by atoms with van der Waals surface area (Å²) in [6.07, 6.45) is 3.68. The molecule has 118 valence electrons. The minimum Gasteiger partial charge on any atom is -0.463 e. The maximum absolute atomic E-state index is 11.8. The van der Waals surface area contributed by atoms with Gasteiger partial charge in [0.15, 0.2) is 0 Å². The molecule has 0 aromatic rings. The summed E-state index contributed by atoms with van der Waals surface area (Å²) in [6, 6.07) is 0. The van der Waals surface area contributed by atoms with Gasteiger partial charge in [-0.1, -0.05) is 0 Å². The standard InChI is InChI=1S/C14H26O6/c1-16-7-8-18-9-10-19-14(15)13-5-3-12(4-6-13)11-20-17-2/h12-13H,3-11H2,1-2H3. The van der Waals surface area contributed by atoms with Crippen LogP contribution < -0.4 is 0 Å². The third-order valence-electron chi connectivity index (χ3n) is 3.51. The molecule has 0 aliphatic heterocycles. The van der Waals surface area contributed by atoms with Crippen LogP contribution in [0.3, 0.4) is 0 Å². The molecule has 1 saturated carbocycles. The summed E-state index contributed by atoms with van der Waals surface area (Å²) in [5, 5.41) is 0. The number of rotatable bonds is 10. The highest BCUT2D eigenvalue weighted by Gasteiger charge is 2.27. The second-order valence-corrected chi connectivity index (χ2v) is 4.94. The zero-order valence-electron chi connectivity index (χ0n) is 12.5. The van der Waals surface area contributed by atoms with E-state index in [1.807, 2.05) is 0 Å². The highest BCUT2D eigenvalue weighted by atomic mass is 17.2. The molecule has 6 heteroatoms. The minimum atomic E-state index is -0.105. The number of carbonyl (C=O) groups is 1. The highest BCUT2D eigenvalue weighted by molar-refractivity contribution is 5.72. The fraction of sp³-hybridized carbons (Fsp3) is 0.929. The van der Waals surface area contributed by atoms with Crippen LogP contribution in [0.2, 0.25) is 0 Å². The van der Waals surface area contributed by atoms with Crippen molar-refractivity contribution in [2.45, 2.75) is 25.7 Å². The Balaban J connectivity index is 2.04.